The largest absolute Gasteiger partial charge is 0.381 e. The van der Waals surface area contributed by atoms with E-state index in [2.05, 4.69) is 12.2 Å². The van der Waals surface area contributed by atoms with Gasteiger partial charge in [-0.3, -0.25) is 0 Å². The topological polar surface area (TPSA) is 39.7 Å². The van der Waals surface area contributed by atoms with Gasteiger partial charge in [-0.15, -0.1) is 0 Å². The lowest BCUT2D eigenvalue weighted by molar-refractivity contribution is -0.0565. The van der Waals surface area contributed by atoms with E-state index in [1.165, 1.54) is 0 Å². The van der Waals surface area contributed by atoms with Gasteiger partial charge in [0.1, 0.15) is 0 Å². The zero-order valence-electron chi connectivity index (χ0n) is 9.41. The van der Waals surface area contributed by atoms with Crippen LogP contribution in [0.4, 0.5) is 0 Å². The minimum absolute atomic E-state index is 0.00495. The van der Waals surface area contributed by atoms with Crippen molar-refractivity contribution in [1.82, 2.24) is 5.32 Å². The molecule has 2 heterocycles. The monoisotopic (exact) mass is 215 g/mol. The molecule has 0 bridgehead atoms. The van der Waals surface area contributed by atoms with E-state index >= 15 is 0 Å². The summed E-state index contributed by atoms with van der Waals surface area (Å²) in [5.41, 5.74) is 0. The molecule has 0 aromatic heterocycles. The molecule has 88 valence electrons. The highest BCUT2D eigenvalue weighted by Gasteiger charge is 2.29. The fraction of sp³-hybridized carbons (Fsp3) is 1.00. The van der Waals surface area contributed by atoms with Crippen molar-refractivity contribution in [2.75, 3.05) is 33.0 Å². The van der Waals surface area contributed by atoms with Crippen LogP contribution in [0.15, 0.2) is 0 Å². The summed E-state index contributed by atoms with van der Waals surface area (Å²) >= 11 is 0. The van der Waals surface area contributed by atoms with Crippen LogP contribution in [-0.2, 0) is 14.2 Å². The van der Waals surface area contributed by atoms with Crippen LogP contribution in [0.1, 0.15) is 19.8 Å². The van der Waals surface area contributed by atoms with E-state index in [-0.39, 0.29) is 6.29 Å². The van der Waals surface area contributed by atoms with Gasteiger partial charge in [-0.05, 0) is 18.9 Å². The van der Waals surface area contributed by atoms with Crippen molar-refractivity contribution >= 4 is 0 Å². The smallest absolute Gasteiger partial charge is 0.159 e. The summed E-state index contributed by atoms with van der Waals surface area (Å²) in [5.74, 6) is 0.623. The number of ether oxygens (including phenoxy) is 3. The molecule has 0 radical (unpaired) electrons. The van der Waals surface area contributed by atoms with E-state index in [1.807, 2.05) is 0 Å². The number of hydrogen-bond donors (Lipinski definition) is 1. The van der Waals surface area contributed by atoms with Crippen LogP contribution in [0.5, 0.6) is 0 Å². The number of rotatable bonds is 5. The van der Waals surface area contributed by atoms with E-state index in [0.717, 1.165) is 45.8 Å². The normalized spacial score (nSPS) is 29.8. The van der Waals surface area contributed by atoms with E-state index in [9.17, 15) is 0 Å². The molecule has 2 rings (SSSR count). The Labute approximate surface area is 91.3 Å². The molecule has 0 spiro atoms. The maximum atomic E-state index is 5.49. The summed E-state index contributed by atoms with van der Waals surface area (Å²) in [6.45, 7) is 6.39. The molecule has 2 aliphatic rings. The lowest BCUT2D eigenvalue weighted by Gasteiger charge is -2.25. The Morgan fingerprint density at radius 1 is 1.27 bits per heavy atom. The maximum absolute atomic E-state index is 5.49. The van der Waals surface area contributed by atoms with E-state index in [1.54, 1.807) is 0 Å². The molecule has 2 atom stereocenters. The molecular weight excluding hydrogens is 194 g/mol. The summed E-state index contributed by atoms with van der Waals surface area (Å²) in [6.07, 6.45) is 2.10. The molecule has 2 aliphatic heterocycles. The van der Waals surface area contributed by atoms with Crippen LogP contribution in [0.25, 0.3) is 0 Å². The average Bonchev–Trinajstić information content (AvgIpc) is 2.89. The highest BCUT2D eigenvalue weighted by Crippen LogP contribution is 2.22. The molecule has 0 amide bonds. The molecule has 2 unspecified atom stereocenters. The average molecular weight is 215 g/mol. The third kappa shape index (κ3) is 3.14. The molecule has 0 aromatic rings. The van der Waals surface area contributed by atoms with Crippen LogP contribution < -0.4 is 5.32 Å². The summed E-state index contributed by atoms with van der Waals surface area (Å²) in [5, 5.41) is 3.51. The maximum Gasteiger partial charge on any atom is 0.159 e. The number of hydrogen-bond acceptors (Lipinski definition) is 4. The SMILES string of the molecule is CCNC(CC1OCCO1)C1CCOC1. The zero-order valence-corrected chi connectivity index (χ0v) is 9.41. The first-order chi connectivity index (χ1) is 7.40. The van der Waals surface area contributed by atoms with Crippen molar-refractivity contribution in [3.63, 3.8) is 0 Å². The Bertz CT molecular complexity index is 177. The second-order valence-electron chi connectivity index (χ2n) is 4.19. The van der Waals surface area contributed by atoms with Crippen molar-refractivity contribution in [1.29, 1.82) is 0 Å². The van der Waals surface area contributed by atoms with Crippen molar-refractivity contribution in [2.24, 2.45) is 5.92 Å². The second-order valence-corrected chi connectivity index (χ2v) is 4.19. The lowest BCUT2D eigenvalue weighted by atomic mass is 9.96. The summed E-state index contributed by atoms with van der Waals surface area (Å²) in [6, 6.07) is 0.473. The fourth-order valence-corrected chi connectivity index (χ4v) is 2.33. The number of nitrogens with one attached hydrogen (secondary N) is 1. The molecule has 2 fully saturated rings. The minimum atomic E-state index is -0.00495. The van der Waals surface area contributed by atoms with Crippen LogP contribution in [0.3, 0.4) is 0 Å². The van der Waals surface area contributed by atoms with Gasteiger partial charge in [0.15, 0.2) is 6.29 Å². The Morgan fingerprint density at radius 2 is 2.07 bits per heavy atom. The standard InChI is InChI=1S/C11H21NO3/c1-2-12-10(9-3-4-13-8-9)7-11-14-5-6-15-11/h9-12H,2-8H2,1H3. The van der Waals surface area contributed by atoms with Gasteiger partial charge in [-0.25, -0.2) is 0 Å². The molecule has 0 aromatic carbocycles. The van der Waals surface area contributed by atoms with Gasteiger partial charge >= 0.3 is 0 Å². The van der Waals surface area contributed by atoms with Crippen LogP contribution in [0.2, 0.25) is 0 Å². The fourth-order valence-electron chi connectivity index (χ4n) is 2.33. The van der Waals surface area contributed by atoms with E-state index in [0.29, 0.717) is 12.0 Å². The summed E-state index contributed by atoms with van der Waals surface area (Å²) < 4.78 is 16.4. The van der Waals surface area contributed by atoms with Gasteiger partial charge in [0.2, 0.25) is 0 Å². The van der Waals surface area contributed by atoms with Crippen LogP contribution in [0, 0.1) is 5.92 Å². The van der Waals surface area contributed by atoms with Gasteiger partial charge < -0.3 is 19.5 Å². The van der Waals surface area contributed by atoms with E-state index < -0.39 is 0 Å². The first-order valence-corrected chi connectivity index (χ1v) is 5.94. The zero-order chi connectivity index (χ0) is 10.5. The molecule has 0 aliphatic carbocycles. The minimum Gasteiger partial charge on any atom is -0.381 e. The van der Waals surface area contributed by atoms with Gasteiger partial charge in [-0.2, -0.15) is 0 Å². The van der Waals surface area contributed by atoms with Crippen LogP contribution in [-0.4, -0.2) is 45.3 Å². The van der Waals surface area contributed by atoms with Crippen molar-refractivity contribution in [3.8, 4) is 0 Å². The molecule has 15 heavy (non-hydrogen) atoms. The van der Waals surface area contributed by atoms with Gasteiger partial charge in [0, 0.05) is 19.1 Å². The molecule has 1 N–H and O–H groups in total. The van der Waals surface area contributed by atoms with E-state index in [4.69, 9.17) is 14.2 Å². The van der Waals surface area contributed by atoms with Crippen LogP contribution >= 0.6 is 0 Å². The quantitative estimate of drug-likeness (QED) is 0.735. The Morgan fingerprint density at radius 3 is 2.67 bits per heavy atom. The Hall–Kier alpha value is -0.160. The van der Waals surface area contributed by atoms with Gasteiger partial charge in [0.05, 0.1) is 19.8 Å². The van der Waals surface area contributed by atoms with Crippen molar-refractivity contribution < 1.29 is 14.2 Å². The molecular formula is C11H21NO3. The first-order valence-electron chi connectivity index (χ1n) is 5.94. The lowest BCUT2D eigenvalue weighted by Crippen LogP contribution is -2.39. The molecule has 4 nitrogen and oxygen atoms in total. The van der Waals surface area contributed by atoms with Crippen molar-refractivity contribution in [2.45, 2.75) is 32.1 Å². The second kappa shape index (κ2) is 5.80. The highest BCUT2D eigenvalue weighted by atomic mass is 16.7. The van der Waals surface area contributed by atoms with Crippen molar-refractivity contribution in [3.05, 3.63) is 0 Å². The summed E-state index contributed by atoms with van der Waals surface area (Å²) in [7, 11) is 0. The molecule has 2 saturated heterocycles. The Balaban J connectivity index is 1.81. The Kier molecular flexibility index (Phi) is 4.38. The van der Waals surface area contributed by atoms with Gasteiger partial charge in [0.25, 0.3) is 0 Å². The first kappa shape index (κ1) is 11.3. The predicted molar refractivity (Wildman–Crippen MR) is 56.7 cm³/mol. The molecule has 0 saturated carbocycles. The summed E-state index contributed by atoms with van der Waals surface area (Å²) in [4.78, 5) is 0. The third-order valence-electron chi connectivity index (χ3n) is 3.14. The molecule has 4 heteroatoms. The van der Waals surface area contributed by atoms with Gasteiger partial charge in [-0.1, -0.05) is 6.92 Å². The third-order valence-corrected chi connectivity index (χ3v) is 3.14. The predicted octanol–water partition coefficient (Wildman–Crippen LogP) is 0.764. The highest BCUT2D eigenvalue weighted by molar-refractivity contribution is 4.80.